The first kappa shape index (κ1) is 17.4. The summed E-state index contributed by atoms with van der Waals surface area (Å²) in [5.74, 6) is -0.446. The monoisotopic (exact) mass is 367 g/mol. The van der Waals surface area contributed by atoms with Crippen LogP contribution in [0.1, 0.15) is 16.7 Å². The minimum Gasteiger partial charge on any atom is -0.464 e. The first-order valence-corrected chi connectivity index (χ1v) is 7.75. The van der Waals surface area contributed by atoms with Crippen LogP contribution in [0, 0.1) is 6.92 Å². The highest BCUT2D eigenvalue weighted by atomic mass is 35.5. The molecule has 0 unspecified atom stereocenters. The Hall–Kier alpha value is -2.47. The number of alkyl halides is 3. The van der Waals surface area contributed by atoms with Crippen molar-refractivity contribution in [3.05, 3.63) is 64.4 Å². The van der Waals surface area contributed by atoms with Gasteiger partial charge < -0.3 is 9.73 Å². The van der Waals surface area contributed by atoms with Crippen molar-refractivity contribution in [3.8, 4) is 0 Å². The van der Waals surface area contributed by atoms with Crippen molar-refractivity contribution in [2.24, 2.45) is 0 Å². The van der Waals surface area contributed by atoms with E-state index in [9.17, 15) is 18.0 Å². The SMILES string of the molecule is Cc1cc2occ(CC(=O)Nc3cccc(C(F)(F)F)c3)c2cc1Cl. The van der Waals surface area contributed by atoms with Gasteiger partial charge in [-0.3, -0.25) is 4.79 Å². The maximum atomic E-state index is 12.7. The predicted molar refractivity (Wildman–Crippen MR) is 89.7 cm³/mol. The van der Waals surface area contributed by atoms with Crippen molar-refractivity contribution >= 4 is 34.2 Å². The molecule has 3 rings (SSSR count). The lowest BCUT2D eigenvalue weighted by molar-refractivity contribution is -0.137. The number of nitrogens with one attached hydrogen (secondary N) is 1. The summed E-state index contributed by atoms with van der Waals surface area (Å²) in [5, 5.41) is 3.72. The van der Waals surface area contributed by atoms with E-state index < -0.39 is 17.6 Å². The molecule has 0 aliphatic carbocycles. The van der Waals surface area contributed by atoms with Gasteiger partial charge in [-0.25, -0.2) is 0 Å². The van der Waals surface area contributed by atoms with Crippen LogP contribution in [0.25, 0.3) is 11.0 Å². The van der Waals surface area contributed by atoms with Crippen LogP contribution in [0.3, 0.4) is 0 Å². The summed E-state index contributed by atoms with van der Waals surface area (Å²) >= 11 is 6.09. The van der Waals surface area contributed by atoms with Crippen LogP contribution in [0.4, 0.5) is 18.9 Å². The Balaban J connectivity index is 1.78. The first-order valence-electron chi connectivity index (χ1n) is 7.37. The number of aryl methyl sites for hydroxylation is 1. The van der Waals surface area contributed by atoms with Crippen LogP contribution in [-0.4, -0.2) is 5.91 Å². The molecule has 3 aromatic rings. The Morgan fingerprint density at radius 2 is 2.00 bits per heavy atom. The smallest absolute Gasteiger partial charge is 0.416 e. The number of carbonyl (C=O) groups is 1. The molecule has 0 spiro atoms. The van der Waals surface area contributed by atoms with Gasteiger partial charge in [0, 0.05) is 21.7 Å². The Kier molecular flexibility index (Phi) is 4.47. The lowest BCUT2D eigenvalue weighted by Gasteiger charge is -2.09. The van der Waals surface area contributed by atoms with E-state index in [2.05, 4.69) is 5.32 Å². The molecule has 0 bridgehead atoms. The quantitative estimate of drug-likeness (QED) is 0.655. The number of hydrogen-bond acceptors (Lipinski definition) is 2. The minimum absolute atomic E-state index is 0.0391. The highest BCUT2D eigenvalue weighted by molar-refractivity contribution is 6.32. The standard InChI is InChI=1S/C18H13ClF3NO2/c1-10-5-16-14(8-15(10)19)11(9-25-16)6-17(24)23-13-4-2-3-12(7-13)18(20,21)22/h2-5,7-9H,6H2,1H3,(H,23,24). The van der Waals surface area contributed by atoms with E-state index in [4.69, 9.17) is 16.0 Å². The van der Waals surface area contributed by atoms with E-state index in [0.29, 0.717) is 21.6 Å². The van der Waals surface area contributed by atoms with E-state index in [1.165, 1.54) is 18.4 Å². The Morgan fingerprint density at radius 1 is 1.24 bits per heavy atom. The third kappa shape index (κ3) is 3.79. The lowest BCUT2D eigenvalue weighted by Crippen LogP contribution is -2.15. The highest BCUT2D eigenvalue weighted by Gasteiger charge is 2.30. The molecule has 1 heterocycles. The van der Waals surface area contributed by atoms with Gasteiger partial charge in [0.05, 0.1) is 18.2 Å². The molecule has 25 heavy (non-hydrogen) atoms. The molecular weight excluding hydrogens is 355 g/mol. The lowest BCUT2D eigenvalue weighted by atomic mass is 10.1. The second-order valence-corrected chi connectivity index (χ2v) is 6.07. The fraction of sp³-hybridized carbons (Fsp3) is 0.167. The average Bonchev–Trinajstić information content (AvgIpc) is 2.89. The van der Waals surface area contributed by atoms with Crippen LogP contribution in [-0.2, 0) is 17.4 Å². The molecule has 0 aliphatic rings. The number of furan rings is 1. The van der Waals surface area contributed by atoms with Gasteiger partial charge in [0.15, 0.2) is 0 Å². The Bertz CT molecular complexity index is 947. The third-order valence-electron chi connectivity index (χ3n) is 3.76. The summed E-state index contributed by atoms with van der Waals surface area (Å²) in [7, 11) is 0. The number of carbonyl (C=O) groups excluding carboxylic acids is 1. The summed E-state index contributed by atoms with van der Waals surface area (Å²) in [6, 6.07) is 7.97. The number of benzene rings is 2. The molecule has 0 atom stereocenters. The fourth-order valence-electron chi connectivity index (χ4n) is 2.49. The predicted octanol–water partition coefficient (Wildman–Crippen LogP) is 5.59. The van der Waals surface area contributed by atoms with Crippen molar-refractivity contribution in [1.29, 1.82) is 0 Å². The third-order valence-corrected chi connectivity index (χ3v) is 4.17. The zero-order chi connectivity index (χ0) is 18.2. The van der Waals surface area contributed by atoms with Gasteiger partial charge in [0.2, 0.25) is 5.91 Å². The summed E-state index contributed by atoms with van der Waals surface area (Å²) in [6.07, 6.45) is -3.05. The van der Waals surface area contributed by atoms with Crippen LogP contribution < -0.4 is 5.32 Å². The molecule has 0 radical (unpaired) electrons. The van der Waals surface area contributed by atoms with Gasteiger partial charge in [-0.2, -0.15) is 13.2 Å². The maximum Gasteiger partial charge on any atom is 0.416 e. The Labute approximate surface area is 146 Å². The summed E-state index contributed by atoms with van der Waals surface area (Å²) in [6.45, 7) is 1.84. The van der Waals surface area contributed by atoms with Crippen molar-refractivity contribution in [1.82, 2.24) is 0 Å². The second kappa shape index (κ2) is 6.44. The normalized spacial score (nSPS) is 11.7. The molecule has 1 aromatic heterocycles. The number of rotatable bonds is 3. The number of hydrogen-bond donors (Lipinski definition) is 1. The topological polar surface area (TPSA) is 42.2 Å². The van der Waals surface area contributed by atoms with E-state index >= 15 is 0 Å². The molecule has 3 nitrogen and oxygen atoms in total. The van der Waals surface area contributed by atoms with Gasteiger partial charge >= 0.3 is 6.18 Å². The molecule has 130 valence electrons. The number of fused-ring (bicyclic) bond motifs is 1. The maximum absolute atomic E-state index is 12.7. The van der Waals surface area contributed by atoms with E-state index in [0.717, 1.165) is 17.7 Å². The van der Waals surface area contributed by atoms with Crippen LogP contribution in [0.15, 0.2) is 47.1 Å². The van der Waals surface area contributed by atoms with Crippen LogP contribution >= 0.6 is 11.6 Å². The largest absolute Gasteiger partial charge is 0.464 e. The molecule has 1 amide bonds. The van der Waals surface area contributed by atoms with Crippen molar-refractivity contribution in [2.75, 3.05) is 5.32 Å². The first-order chi connectivity index (χ1) is 11.7. The molecule has 7 heteroatoms. The Morgan fingerprint density at radius 3 is 2.72 bits per heavy atom. The van der Waals surface area contributed by atoms with Gasteiger partial charge in [0.1, 0.15) is 5.58 Å². The number of amides is 1. The van der Waals surface area contributed by atoms with Gasteiger partial charge in [-0.1, -0.05) is 17.7 Å². The zero-order valence-electron chi connectivity index (χ0n) is 13.1. The molecule has 0 saturated heterocycles. The average molecular weight is 368 g/mol. The number of anilines is 1. The van der Waals surface area contributed by atoms with Gasteiger partial charge in [0.25, 0.3) is 0 Å². The number of halogens is 4. The molecule has 0 fully saturated rings. The van der Waals surface area contributed by atoms with E-state index in [-0.39, 0.29) is 12.1 Å². The summed E-state index contributed by atoms with van der Waals surface area (Å²) in [5.41, 5.74) is 1.33. The molecular formula is C18H13ClF3NO2. The molecule has 1 N–H and O–H groups in total. The van der Waals surface area contributed by atoms with Crippen LogP contribution in [0.5, 0.6) is 0 Å². The van der Waals surface area contributed by atoms with Gasteiger partial charge in [-0.05, 0) is 42.8 Å². The second-order valence-electron chi connectivity index (χ2n) is 5.66. The fourth-order valence-corrected chi connectivity index (χ4v) is 2.65. The minimum atomic E-state index is -4.46. The summed E-state index contributed by atoms with van der Waals surface area (Å²) < 4.78 is 43.6. The van der Waals surface area contributed by atoms with Crippen molar-refractivity contribution < 1.29 is 22.4 Å². The summed E-state index contributed by atoms with van der Waals surface area (Å²) in [4.78, 5) is 12.2. The highest BCUT2D eigenvalue weighted by Crippen LogP contribution is 2.31. The van der Waals surface area contributed by atoms with Gasteiger partial charge in [-0.15, -0.1) is 0 Å². The van der Waals surface area contributed by atoms with Crippen LogP contribution in [0.2, 0.25) is 5.02 Å². The molecule has 0 saturated carbocycles. The molecule has 2 aromatic carbocycles. The van der Waals surface area contributed by atoms with E-state index in [1.54, 1.807) is 12.1 Å². The van der Waals surface area contributed by atoms with E-state index in [1.807, 2.05) is 6.92 Å². The van der Waals surface area contributed by atoms with Crippen molar-refractivity contribution in [3.63, 3.8) is 0 Å². The zero-order valence-corrected chi connectivity index (χ0v) is 13.8. The van der Waals surface area contributed by atoms with Crippen molar-refractivity contribution in [2.45, 2.75) is 19.5 Å². The molecule has 0 aliphatic heterocycles.